The maximum absolute atomic E-state index is 10.6. The summed E-state index contributed by atoms with van der Waals surface area (Å²) in [6.45, 7) is 0.474. The van der Waals surface area contributed by atoms with Crippen LogP contribution in [0.1, 0.15) is 23.0 Å². The van der Waals surface area contributed by atoms with Gasteiger partial charge in [0.15, 0.2) is 6.29 Å². The lowest BCUT2D eigenvalue weighted by molar-refractivity contribution is -0.311. The number of benzene rings is 5. The second kappa shape index (κ2) is 24.3. The maximum atomic E-state index is 10.6. The fourth-order valence-electron chi connectivity index (χ4n) is 7.43. The largest absolute Gasteiger partial charge is 0.497 e. The highest BCUT2D eigenvalue weighted by atomic mass is 32.2. The van der Waals surface area contributed by atoms with Crippen molar-refractivity contribution < 1.29 is 48.1 Å². The lowest BCUT2D eigenvalue weighted by Crippen LogP contribution is -2.61. The van der Waals surface area contributed by atoms with E-state index in [0.717, 1.165) is 38.0 Å². The Kier molecular flexibility index (Phi) is 17.8. The minimum Gasteiger partial charge on any atom is -0.497 e. The van der Waals surface area contributed by atoms with Crippen LogP contribution in [0, 0.1) is 0 Å². The Hall–Kier alpha value is -5.30. The predicted octanol–water partition coefficient (Wildman–Crippen LogP) is 9.02. The van der Waals surface area contributed by atoms with Crippen LogP contribution in [0.5, 0.6) is 11.5 Å². The number of methoxy groups -OCH3 is 2. The van der Waals surface area contributed by atoms with E-state index < -0.39 is 59.8 Å². The SMILES string of the molecule is COc1ccc(CO[C@@H]2C(N=[N+]=[N-])[C@H](Sc3ccccc3)OC(CO)[C@@H]2O)cc1.COc1ccc(CO[C@@H]2C(N=[N+]=[N-])[C@H](Sc3ccccc3)OC3CO[C@H](c4ccccc4)O[C@@H]32)cc1. The van der Waals surface area contributed by atoms with Crippen LogP contribution in [0.3, 0.4) is 0 Å². The van der Waals surface area contributed by atoms with Gasteiger partial charge in [0.25, 0.3) is 0 Å². The van der Waals surface area contributed by atoms with Crippen molar-refractivity contribution in [3.8, 4) is 11.5 Å². The molecule has 3 fully saturated rings. The van der Waals surface area contributed by atoms with Gasteiger partial charge in [-0.05, 0) is 70.7 Å². The van der Waals surface area contributed by atoms with Crippen LogP contribution in [0.4, 0.5) is 0 Å². The summed E-state index contributed by atoms with van der Waals surface area (Å²) >= 11 is 2.86. The highest BCUT2D eigenvalue weighted by molar-refractivity contribution is 8.00. The molecule has 3 aliphatic heterocycles. The smallest absolute Gasteiger partial charge is 0.184 e. The van der Waals surface area contributed by atoms with Gasteiger partial charge < -0.3 is 48.1 Å². The van der Waals surface area contributed by atoms with Gasteiger partial charge in [0.2, 0.25) is 0 Å². The zero-order valence-corrected chi connectivity index (χ0v) is 37.3. The van der Waals surface area contributed by atoms with E-state index in [2.05, 4.69) is 20.1 Å². The van der Waals surface area contributed by atoms with E-state index >= 15 is 0 Å². The Labute approximate surface area is 385 Å². The number of aliphatic hydroxyl groups is 2. The molecule has 2 N–H and O–H groups in total. The third-order valence-corrected chi connectivity index (χ3v) is 13.1. The average Bonchev–Trinajstić information content (AvgIpc) is 3.36. The molecular weight excluding hydrogens is 873 g/mol. The molecule has 0 bridgehead atoms. The molecule has 4 unspecified atom stereocenters. The summed E-state index contributed by atoms with van der Waals surface area (Å²) in [6.07, 6.45) is -4.78. The lowest BCUT2D eigenvalue weighted by Gasteiger charge is -2.48. The minimum absolute atomic E-state index is 0.198. The van der Waals surface area contributed by atoms with Crippen LogP contribution < -0.4 is 9.47 Å². The highest BCUT2D eigenvalue weighted by Crippen LogP contribution is 2.42. The van der Waals surface area contributed by atoms with E-state index in [1.165, 1.54) is 23.5 Å². The standard InChI is InChI=1S/C27H27N3O5S.C20H23N3O5S/c1-31-20-14-12-18(13-15-20)16-32-25-23(29-30-28)27(36-21-10-6-3-7-11-21)34-22-17-33-26(35-24(22)25)19-8-4-2-5-9-19;1-26-14-9-7-13(8-10-14)12-27-19-17(22-23-21)20(28-16(11-24)18(19)25)29-15-5-3-2-4-6-15/h2-15,22-27H,16-17H2,1H3;2-10,16-20,24-25H,11-12H2,1H3/t22?,23?,24-,25+,26-,27-;16?,17?,18-,19+,20-/m00/s1. The Morgan fingerprint density at radius 2 is 1.11 bits per heavy atom. The zero-order valence-electron chi connectivity index (χ0n) is 35.6. The third kappa shape index (κ3) is 12.7. The molecule has 16 nitrogen and oxygen atoms in total. The van der Waals surface area contributed by atoms with Gasteiger partial charge in [0, 0.05) is 25.2 Å². The molecule has 3 heterocycles. The van der Waals surface area contributed by atoms with E-state index in [-0.39, 0.29) is 19.3 Å². The first-order valence-corrected chi connectivity index (χ1v) is 22.6. The molecular formula is C47H50N6O10S2. The van der Waals surface area contributed by atoms with E-state index in [1.807, 2.05) is 140 Å². The van der Waals surface area contributed by atoms with Crippen LogP contribution in [0.15, 0.2) is 160 Å². The Morgan fingerprint density at radius 1 is 0.631 bits per heavy atom. The second-order valence-corrected chi connectivity index (χ2v) is 17.3. The monoisotopic (exact) mass is 922 g/mol. The number of aliphatic hydroxyl groups excluding tert-OH is 2. The molecule has 8 rings (SSSR count). The Balaban J connectivity index is 0.000000199. The van der Waals surface area contributed by atoms with Crippen molar-refractivity contribution in [1.82, 2.24) is 0 Å². The van der Waals surface area contributed by atoms with Gasteiger partial charge in [-0.1, -0.05) is 125 Å². The number of azide groups is 2. The third-order valence-electron chi connectivity index (χ3n) is 10.8. The highest BCUT2D eigenvalue weighted by Gasteiger charge is 2.51. The first-order chi connectivity index (χ1) is 31.9. The van der Waals surface area contributed by atoms with Gasteiger partial charge in [0.1, 0.15) is 58.9 Å². The Bertz CT molecular complexity index is 2300. The van der Waals surface area contributed by atoms with Crippen molar-refractivity contribution in [3.05, 3.63) is 177 Å². The predicted molar refractivity (Wildman–Crippen MR) is 244 cm³/mol. The second-order valence-electron chi connectivity index (χ2n) is 14.9. The first-order valence-electron chi connectivity index (χ1n) is 20.8. The number of hydrogen-bond donors (Lipinski definition) is 2. The van der Waals surface area contributed by atoms with Gasteiger partial charge in [-0.3, -0.25) is 0 Å². The van der Waals surface area contributed by atoms with Gasteiger partial charge in [-0.25, -0.2) is 0 Å². The lowest BCUT2D eigenvalue weighted by atomic mass is 9.97. The van der Waals surface area contributed by atoms with Crippen LogP contribution in [-0.4, -0.2) is 97.2 Å². The minimum atomic E-state index is -1.14. The van der Waals surface area contributed by atoms with Crippen LogP contribution >= 0.6 is 23.5 Å². The van der Waals surface area contributed by atoms with E-state index in [0.29, 0.717) is 13.2 Å². The van der Waals surface area contributed by atoms with Crippen LogP contribution in [0.25, 0.3) is 20.9 Å². The molecule has 3 saturated heterocycles. The van der Waals surface area contributed by atoms with Crippen molar-refractivity contribution >= 4 is 23.5 Å². The molecule has 340 valence electrons. The maximum Gasteiger partial charge on any atom is 0.184 e. The fraction of sp³-hybridized carbons (Fsp3) is 0.362. The number of fused-ring (bicyclic) bond motifs is 1. The quantitative estimate of drug-likeness (QED) is 0.0539. The molecule has 0 spiro atoms. The van der Waals surface area contributed by atoms with Crippen LogP contribution in [-0.2, 0) is 41.6 Å². The topological polar surface area (TPSA) is 212 Å². The number of nitrogens with zero attached hydrogens (tertiary/aromatic N) is 6. The average molecular weight is 923 g/mol. The first kappa shape index (κ1) is 47.7. The van der Waals surface area contributed by atoms with Crippen molar-refractivity contribution in [1.29, 1.82) is 0 Å². The van der Waals surface area contributed by atoms with Crippen molar-refractivity contribution in [2.24, 2.45) is 10.2 Å². The van der Waals surface area contributed by atoms with Crippen molar-refractivity contribution in [2.75, 3.05) is 27.4 Å². The van der Waals surface area contributed by atoms with Crippen LogP contribution in [0.2, 0.25) is 0 Å². The Morgan fingerprint density at radius 3 is 1.60 bits per heavy atom. The van der Waals surface area contributed by atoms with E-state index in [1.54, 1.807) is 14.2 Å². The normalized spacial score (nSPS) is 27.0. The summed E-state index contributed by atoms with van der Waals surface area (Å²) in [7, 11) is 3.22. The molecule has 3 aliphatic rings. The number of ether oxygens (including phenoxy) is 8. The van der Waals surface area contributed by atoms with E-state index in [9.17, 15) is 15.7 Å². The van der Waals surface area contributed by atoms with Gasteiger partial charge >= 0.3 is 0 Å². The molecule has 5 aromatic carbocycles. The molecule has 11 atom stereocenters. The zero-order chi connectivity index (χ0) is 45.4. The molecule has 0 radical (unpaired) electrons. The summed E-state index contributed by atoms with van der Waals surface area (Å²) in [5.41, 5.74) is 20.2. The number of thioether (sulfide) groups is 2. The molecule has 18 heteroatoms. The molecule has 0 aromatic heterocycles. The molecule has 65 heavy (non-hydrogen) atoms. The molecule has 0 amide bonds. The molecule has 5 aromatic rings. The van der Waals surface area contributed by atoms with Crippen molar-refractivity contribution in [2.45, 2.75) is 88.9 Å². The molecule has 0 saturated carbocycles. The van der Waals surface area contributed by atoms with E-state index in [4.69, 9.17) is 43.4 Å². The van der Waals surface area contributed by atoms with Gasteiger partial charge in [-0.2, -0.15) is 0 Å². The summed E-state index contributed by atoms with van der Waals surface area (Å²) in [5.74, 6) is 1.50. The summed E-state index contributed by atoms with van der Waals surface area (Å²) in [5, 5.41) is 28.3. The van der Waals surface area contributed by atoms with Crippen molar-refractivity contribution in [3.63, 3.8) is 0 Å². The number of rotatable bonds is 16. The van der Waals surface area contributed by atoms with Gasteiger partial charge in [-0.15, -0.1) is 0 Å². The summed E-state index contributed by atoms with van der Waals surface area (Å²) in [6, 6.07) is 42.8. The fourth-order valence-corrected chi connectivity index (χ4v) is 9.69. The summed E-state index contributed by atoms with van der Waals surface area (Å²) < 4.78 is 47.5. The summed E-state index contributed by atoms with van der Waals surface area (Å²) in [4.78, 5) is 7.99. The number of hydrogen-bond acceptors (Lipinski definition) is 14. The van der Waals surface area contributed by atoms with Gasteiger partial charge in [0.05, 0.1) is 52.9 Å². The molecule has 0 aliphatic carbocycles.